The molecule has 4 rings (SSSR count). The Hall–Kier alpha value is -2.08. The SMILES string of the molecule is O=C(NCC(=O)N1CCC(c2nc3cc(Cl)ccc3o2)CC1)C1CCCC1. The van der Waals surface area contributed by atoms with E-state index in [4.69, 9.17) is 16.0 Å². The number of carbonyl (C=O) groups is 2. The molecule has 144 valence electrons. The molecule has 2 fully saturated rings. The van der Waals surface area contributed by atoms with Gasteiger partial charge in [-0.05, 0) is 43.9 Å². The summed E-state index contributed by atoms with van der Waals surface area (Å²) in [5.41, 5.74) is 1.51. The molecule has 2 amide bonds. The molecular weight excluding hydrogens is 366 g/mol. The van der Waals surface area contributed by atoms with Crippen molar-refractivity contribution in [3.63, 3.8) is 0 Å². The molecule has 1 aromatic heterocycles. The van der Waals surface area contributed by atoms with Crippen LogP contribution in [0, 0.1) is 5.92 Å². The summed E-state index contributed by atoms with van der Waals surface area (Å²) < 4.78 is 5.86. The summed E-state index contributed by atoms with van der Waals surface area (Å²) in [7, 11) is 0. The van der Waals surface area contributed by atoms with Gasteiger partial charge < -0.3 is 14.6 Å². The number of halogens is 1. The highest BCUT2D eigenvalue weighted by Gasteiger charge is 2.28. The van der Waals surface area contributed by atoms with Crippen LogP contribution in [0.3, 0.4) is 0 Å². The van der Waals surface area contributed by atoms with Crippen LogP contribution in [-0.2, 0) is 9.59 Å². The van der Waals surface area contributed by atoms with Crippen molar-refractivity contribution in [2.75, 3.05) is 19.6 Å². The lowest BCUT2D eigenvalue weighted by Gasteiger charge is -2.30. The van der Waals surface area contributed by atoms with Gasteiger partial charge in [-0.15, -0.1) is 0 Å². The van der Waals surface area contributed by atoms with Crippen LogP contribution in [0.5, 0.6) is 0 Å². The van der Waals surface area contributed by atoms with E-state index >= 15 is 0 Å². The van der Waals surface area contributed by atoms with Gasteiger partial charge in [0.05, 0.1) is 6.54 Å². The van der Waals surface area contributed by atoms with Crippen LogP contribution < -0.4 is 5.32 Å². The molecule has 1 N–H and O–H groups in total. The molecule has 0 atom stereocenters. The maximum absolute atomic E-state index is 12.4. The number of piperidine rings is 1. The Labute approximate surface area is 163 Å². The molecule has 0 unspecified atom stereocenters. The average Bonchev–Trinajstić information content (AvgIpc) is 3.35. The van der Waals surface area contributed by atoms with E-state index in [0.717, 1.165) is 49.6 Å². The smallest absolute Gasteiger partial charge is 0.241 e. The van der Waals surface area contributed by atoms with Gasteiger partial charge >= 0.3 is 0 Å². The second-order valence-corrected chi connectivity index (χ2v) is 7.95. The van der Waals surface area contributed by atoms with Crippen LogP contribution in [0.1, 0.15) is 50.3 Å². The summed E-state index contributed by atoms with van der Waals surface area (Å²) in [6, 6.07) is 5.43. The summed E-state index contributed by atoms with van der Waals surface area (Å²) >= 11 is 6.01. The normalized spacial score (nSPS) is 18.9. The minimum Gasteiger partial charge on any atom is -0.440 e. The first-order chi connectivity index (χ1) is 13.1. The second-order valence-electron chi connectivity index (χ2n) is 7.52. The van der Waals surface area contributed by atoms with Gasteiger partial charge in [0.15, 0.2) is 11.5 Å². The van der Waals surface area contributed by atoms with E-state index in [-0.39, 0.29) is 30.2 Å². The topological polar surface area (TPSA) is 75.4 Å². The summed E-state index contributed by atoms with van der Waals surface area (Å²) in [6.45, 7) is 1.41. The molecule has 1 aliphatic heterocycles. The molecule has 1 saturated carbocycles. The van der Waals surface area contributed by atoms with Gasteiger partial charge in [0.2, 0.25) is 11.8 Å². The van der Waals surface area contributed by atoms with Crippen molar-refractivity contribution in [1.29, 1.82) is 0 Å². The van der Waals surface area contributed by atoms with E-state index in [1.165, 1.54) is 0 Å². The first-order valence-electron chi connectivity index (χ1n) is 9.71. The van der Waals surface area contributed by atoms with E-state index in [1.54, 1.807) is 12.1 Å². The van der Waals surface area contributed by atoms with E-state index < -0.39 is 0 Å². The predicted molar refractivity (Wildman–Crippen MR) is 103 cm³/mol. The zero-order chi connectivity index (χ0) is 18.8. The molecule has 1 saturated heterocycles. The van der Waals surface area contributed by atoms with Crippen LogP contribution in [0.2, 0.25) is 5.02 Å². The van der Waals surface area contributed by atoms with Crippen LogP contribution in [0.15, 0.2) is 22.6 Å². The fourth-order valence-electron chi connectivity index (χ4n) is 4.08. The molecule has 0 bridgehead atoms. The lowest BCUT2D eigenvalue weighted by molar-refractivity contribution is -0.134. The quantitative estimate of drug-likeness (QED) is 0.868. The van der Waals surface area contributed by atoms with Gasteiger partial charge in [-0.3, -0.25) is 9.59 Å². The first kappa shape index (κ1) is 18.3. The summed E-state index contributed by atoms with van der Waals surface area (Å²) in [4.78, 5) is 30.8. The Morgan fingerprint density at radius 1 is 1.19 bits per heavy atom. The highest BCUT2D eigenvalue weighted by Crippen LogP contribution is 2.31. The molecule has 2 aliphatic rings. The van der Waals surface area contributed by atoms with Crippen molar-refractivity contribution in [2.45, 2.75) is 44.4 Å². The van der Waals surface area contributed by atoms with Crippen LogP contribution in [0.25, 0.3) is 11.1 Å². The van der Waals surface area contributed by atoms with Gasteiger partial charge in [0.1, 0.15) is 5.52 Å². The van der Waals surface area contributed by atoms with Gasteiger partial charge in [-0.2, -0.15) is 0 Å². The van der Waals surface area contributed by atoms with Crippen molar-refractivity contribution in [1.82, 2.24) is 15.2 Å². The molecular formula is C20H24ClN3O3. The number of likely N-dealkylation sites (tertiary alicyclic amines) is 1. The number of amides is 2. The molecule has 0 spiro atoms. The van der Waals surface area contributed by atoms with Crippen LogP contribution in [-0.4, -0.2) is 41.3 Å². The van der Waals surface area contributed by atoms with E-state index in [1.807, 2.05) is 11.0 Å². The minimum absolute atomic E-state index is 0.0101. The van der Waals surface area contributed by atoms with E-state index in [2.05, 4.69) is 10.3 Å². The first-order valence-corrected chi connectivity index (χ1v) is 10.1. The number of rotatable bonds is 4. The van der Waals surface area contributed by atoms with E-state index in [9.17, 15) is 9.59 Å². The maximum atomic E-state index is 12.4. The number of aromatic nitrogens is 1. The lowest BCUT2D eigenvalue weighted by atomic mass is 9.97. The average molecular weight is 390 g/mol. The third-order valence-electron chi connectivity index (χ3n) is 5.70. The Morgan fingerprint density at radius 2 is 1.93 bits per heavy atom. The van der Waals surface area contributed by atoms with E-state index in [0.29, 0.717) is 24.0 Å². The number of nitrogens with zero attached hydrogens (tertiary/aromatic N) is 2. The Kier molecular flexibility index (Phi) is 5.34. The third-order valence-corrected chi connectivity index (χ3v) is 5.94. The number of nitrogens with one attached hydrogen (secondary N) is 1. The zero-order valence-electron chi connectivity index (χ0n) is 15.2. The standard InChI is InChI=1S/C20H24ClN3O3/c21-15-5-6-17-16(11-15)23-20(27-17)14-7-9-24(10-8-14)18(25)12-22-19(26)13-3-1-2-4-13/h5-6,11,13-14H,1-4,7-10,12H2,(H,22,26). The van der Waals surface area contributed by atoms with Crippen molar-refractivity contribution < 1.29 is 14.0 Å². The molecule has 7 heteroatoms. The molecule has 0 radical (unpaired) electrons. The Bertz CT molecular complexity index is 836. The highest BCUT2D eigenvalue weighted by atomic mass is 35.5. The van der Waals surface area contributed by atoms with Gasteiger partial charge in [0.25, 0.3) is 0 Å². The fourth-order valence-corrected chi connectivity index (χ4v) is 4.24. The van der Waals surface area contributed by atoms with Crippen molar-refractivity contribution >= 4 is 34.5 Å². The molecule has 2 heterocycles. The molecule has 1 aliphatic carbocycles. The van der Waals surface area contributed by atoms with Crippen molar-refractivity contribution in [3.05, 3.63) is 29.1 Å². The van der Waals surface area contributed by atoms with Gasteiger partial charge in [-0.25, -0.2) is 4.98 Å². The number of oxazole rings is 1. The summed E-state index contributed by atoms with van der Waals surface area (Å²) in [5.74, 6) is 1.03. The van der Waals surface area contributed by atoms with Crippen LogP contribution >= 0.6 is 11.6 Å². The fraction of sp³-hybridized carbons (Fsp3) is 0.550. The Morgan fingerprint density at radius 3 is 2.67 bits per heavy atom. The largest absolute Gasteiger partial charge is 0.440 e. The Balaban J connectivity index is 1.28. The lowest BCUT2D eigenvalue weighted by Crippen LogP contribution is -2.44. The number of benzene rings is 1. The second kappa shape index (κ2) is 7.89. The van der Waals surface area contributed by atoms with Gasteiger partial charge in [0, 0.05) is 29.9 Å². The molecule has 27 heavy (non-hydrogen) atoms. The highest BCUT2D eigenvalue weighted by molar-refractivity contribution is 6.31. The van der Waals surface area contributed by atoms with Gasteiger partial charge in [-0.1, -0.05) is 24.4 Å². The number of hydrogen-bond acceptors (Lipinski definition) is 4. The van der Waals surface area contributed by atoms with Crippen LogP contribution in [0.4, 0.5) is 0 Å². The number of hydrogen-bond donors (Lipinski definition) is 1. The summed E-state index contributed by atoms with van der Waals surface area (Å²) in [6.07, 6.45) is 5.73. The number of carbonyl (C=O) groups excluding carboxylic acids is 2. The zero-order valence-corrected chi connectivity index (χ0v) is 16.0. The molecule has 6 nitrogen and oxygen atoms in total. The monoisotopic (exact) mass is 389 g/mol. The van der Waals surface area contributed by atoms with Crippen molar-refractivity contribution in [3.8, 4) is 0 Å². The minimum atomic E-state index is -0.0101. The third kappa shape index (κ3) is 4.10. The maximum Gasteiger partial charge on any atom is 0.241 e. The molecule has 2 aromatic rings. The predicted octanol–water partition coefficient (Wildman–Crippen LogP) is 3.49. The number of fused-ring (bicyclic) bond motifs is 1. The van der Waals surface area contributed by atoms with Crippen molar-refractivity contribution in [2.24, 2.45) is 5.92 Å². The summed E-state index contributed by atoms with van der Waals surface area (Å²) in [5, 5.41) is 3.46. The molecule has 1 aromatic carbocycles.